The first-order valence-electron chi connectivity index (χ1n) is 13.4. The number of piperazine rings is 1. The van der Waals surface area contributed by atoms with Crippen molar-refractivity contribution in [1.82, 2.24) is 19.5 Å². The lowest BCUT2D eigenvalue weighted by molar-refractivity contribution is -0.384. The molecule has 0 radical (unpaired) electrons. The number of nitro groups is 1. The standard InChI is InChI=1S/C27H33N5O6S2/c1-19-2-11-25-24(16-19)28-26(39-25)17-30-12-14-31(15-13-30)27(33)18-38-22-7-3-20(4-8-22)29-40(36,37)23-9-5-21(6-10-23)32(34)35/h2,5-6,9-11,16,20,22,29H,3-4,7-8,12-15,17-18H2,1H3. The van der Waals surface area contributed by atoms with Crippen LogP contribution in [0.3, 0.4) is 0 Å². The Hall–Kier alpha value is -2.97. The summed E-state index contributed by atoms with van der Waals surface area (Å²) >= 11 is 1.72. The van der Waals surface area contributed by atoms with Gasteiger partial charge in [0.2, 0.25) is 15.9 Å². The monoisotopic (exact) mass is 587 g/mol. The number of thiazole rings is 1. The van der Waals surface area contributed by atoms with Gasteiger partial charge in [-0.15, -0.1) is 11.3 Å². The van der Waals surface area contributed by atoms with Crippen LogP contribution in [0.5, 0.6) is 0 Å². The third-order valence-electron chi connectivity index (χ3n) is 7.47. The van der Waals surface area contributed by atoms with Gasteiger partial charge >= 0.3 is 0 Å². The van der Waals surface area contributed by atoms with Crippen LogP contribution in [0.1, 0.15) is 36.3 Å². The molecule has 1 saturated heterocycles. The summed E-state index contributed by atoms with van der Waals surface area (Å²) in [6.07, 6.45) is 2.39. The molecule has 0 spiro atoms. The number of sulfonamides is 1. The van der Waals surface area contributed by atoms with Crippen LogP contribution in [-0.4, -0.2) is 79.0 Å². The Labute approximate surface area is 237 Å². The summed E-state index contributed by atoms with van der Waals surface area (Å²) in [4.78, 5) is 31.9. The summed E-state index contributed by atoms with van der Waals surface area (Å²) in [6.45, 7) is 5.78. The summed E-state index contributed by atoms with van der Waals surface area (Å²) in [5.74, 6) is -0.0175. The van der Waals surface area contributed by atoms with Gasteiger partial charge in [-0.3, -0.25) is 19.8 Å². The maximum Gasteiger partial charge on any atom is 0.269 e. The molecule has 2 fully saturated rings. The number of amides is 1. The van der Waals surface area contributed by atoms with Crippen LogP contribution in [-0.2, 0) is 26.1 Å². The molecule has 0 unspecified atom stereocenters. The Kier molecular flexibility index (Phi) is 8.76. The number of nitrogens with one attached hydrogen (secondary N) is 1. The van der Waals surface area contributed by atoms with Crippen LogP contribution in [0.15, 0.2) is 47.4 Å². The van der Waals surface area contributed by atoms with Crippen LogP contribution in [0.4, 0.5) is 5.69 Å². The fourth-order valence-corrected chi connectivity index (χ4v) is 7.46. The lowest BCUT2D eigenvalue weighted by atomic mass is 9.94. The number of hydrogen-bond acceptors (Lipinski definition) is 9. The molecule has 1 aliphatic carbocycles. The van der Waals surface area contributed by atoms with Crippen molar-refractivity contribution in [1.29, 1.82) is 0 Å². The van der Waals surface area contributed by atoms with Gasteiger partial charge in [0.15, 0.2) is 0 Å². The van der Waals surface area contributed by atoms with Crippen LogP contribution in [0.25, 0.3) is 10.2 Å². The van der Waals surface area contributed by atoms with E-state index in [9.17, 15) is 23.3 Å². The molecule has 0 bridgehead atoms. The molecule has 1 N–H and O–H groups in total. The van der Waals surface area contributed by atoms with Gasteiger partial charge in [-0.05, 0) is 62.4 Å². The van der Waals surface area contributed by atoms with E-state index in [1.54, 1.807) is 11.3 Å². The van der Waals surface area contributed by atoms with Crippen LogP contribution >= 0.6 is 11.3 Å². The quantitative estimate of drug-likeness (QED) is 0.297. The smallest absolute Gasteiger partial charge is 0.269 e. The van der Waals surface area contributed by atoms with E-state index in [4.69, 9.17) is 9.72 Å². The van der Waals surface area contributed by atoms with Gasteiger partial charge in [0, 0.05) is 44.4 Å². The average Bonchev–Trinajstić information content (AvgIpc) is 3.34. The van der Waals surface area contributed by atoms with Gasteiger partial charge in [-0.1, -0.05) is 6.07 Å². The highest BCUT2D eigenvalue weighted by Crippen LogP contribution is 2.25. The SMILES string of the molecule is Cc1ccc2sc(CN3CCN(C(=O)COC4CCC(NS(=O)(=O)c5ccc([N+](=O)[O-])cc5)CC4)CC3)nc2c1. The summed E-state index contributed by atoms with van der Waals surface area (Å²) in [7, 11) is -3.77. The predicted octanol–water partition coefficient (Wildman–Crippen LogP) is 3.46. The molecule has 2 heterocycles. The van der Waals surface area contributed by atoms with Gasteiger partial charge in [-0.2, -0.15) is 0 Å². The Morgan fingerprint density at radius 3 is 2.48 bits per heavy atom. The Morgan fingerprint density at radius 1 is 1.10 bits per heavy atom. The van der Waals surface area contributed by atoms with Gasteiger partial charge in [0.1, 0.15) is 11.6 Å². The number of carbonyl (C=O) groups excluding carboxylic acids is 1. The topological polar surface area (TPSA) is 135 Å². The lowest BCUT2D eigenvalue weighted by Crippen LogP contribution is -2.49. The maximum atomic E-state index is 12.8. The number of aryl methyl sites for hydroxylation is 1. The van der Waals surface area contributed by atoms with Crippen LogP contribution in [0.2, 0.25) is 0 Å². The number of nitrogens with zero attached hydrogens (tertiary/aromatic N) is 4. The molecule has 1 aromatic heterocycles. The minimum absolute atomic E-state index is 0.00247. The zero-order chi connectivity index (χ0) is 28.3. The first-order valence-corrected chi connectivity index (χ1v) is 15.7. The number of nitro benzene ring substituents is 1. The van der Waals surface area contributed by atoms with Gasteiger partial charge < -0.3 is 9.64 Å². The van der Waals surface area contributed by atoms with Crippen molar-refractivity contribution in [2.45, 2.75) is 56.2 Å². The van der Waals surface area contributed by atoms with Gasteiger partial charge in [0.05, 0.1) is 32.7 Å². The molecule has 13 heteroatoms. The number of benzene rings is 2. The number of non-ortho nitro benzene ring substituents is 1. The predicted molar refractivity (Wildman–Crippen MR) is 152 cm³/mol. The van der Waals surface area contributed by atoms with Crippen LogP contribution < -0.4 is 4.72 Å². The second-order valence-electron chi connectivity index (χ2n) is 10.4. The number of fused-ring (bicyclic) bond motifs is 1. The van der Waals surface area contributed by atoms with Crippen molar-refractivity contribution < 1.29 is 22.9 Å². The van der Waals surface area contributed by atoms with E-state index >= 15 is 0 Å². The van der Waals surface area contributed by atoms with Crippen molar-refractivity contribution in [3.8, 4) is 0 Å². The molecule has 1 saturated carbocycles. The molecule has 1 amide bonds. The van der Waals surface area contributed by atoms with Crippen molar-refractivity contribution in [2.75, 3.05) is 32.8 Å². The zero-order valence-corrected chi connectivity index (χ0v) is 24.0. The first kappa shape index (κ1) is 28.6. The Bertz CT molecular complexity index is 1460. The third-order valence-corrected chi connectivity index (χ3v) is 10.0. The van der Waals surface area contributed by atoms with Gasteiger partial charge in [-0.25, -0.2) is 18.1 Å². The minimum atomic E-state index is -3.77. The van der Waals surface area contributed by atoms with E-state index in [2.05, 4.69) is 34.7 Å². The van der Waals surface area contributed by atoms with E-state index in [1.165, 1.54) is 34.5 Å². The lowest BCUT2D eigenvalue weighted by Gasteiger charge is -2.35. The summed E-state index contributed by atoms with van der Waals surface area (Å²) in [5.41, 5.74) is 2.09. The highest BCUT2D eigenvalue weighted by atomic mass is 32.2. The number of carbonyl (C=O) groups is 1. The molecule has 2 aromatic carbocycles. The number of rotatable bonds is 9. The third kappa shape index (κ3) is 7.02. The summed E-state index contributed by atoms with van der Waals surface area (Å²) in [6, 6.07) is 10.9. The van der Waals surface area contributed by atoms with Crippen molar-refractivity contribution in [3.05, 3.63) is 63.1 Å². The molecular formula is C27H33N5O6S2. The normalized spacial score (nSPS) is 20.6. The second-order valence-corrected chi connectivity index (χ2v) is 13.2. The highest BCUT2D eigenvalue weighted by molar-refractivity contribution is 7.89. The molecular weight excluding hydrogens is 554 g/mol. The van der Waals surface area contributed by atoms with Gasteiger partial charge in [0.25, 0.3) is 5.69 Å². The zero-order valence-electron chi connectivity index (χ0n) is 22.3. The minimum Gasteiger partial charge on any atom is -0.368 e. The molecule has 214 valence electrons. The summed E-state index contributed by atoms with van der Waals surface area (Å²) in [5, 5.41) is 11.9. The van der Waals surface area contributed by atoms with E-state index in [0.29, 0.717) is 38.8 Å². The van der Waals surface area contributed by atoms with E-state index < -0.39 is 14.9 Å². The molecule has 11 nitrogen and oxygen atoms in total. The highest BCUT2D eigenvalue weighted by Gasteiger charge is 2.28. The largest absolute Gasteiger partial charge is 0.368 e. The second kappa shape index (κ2) is 12.3. The first-order chi connectivity index (χ1) is 19.2. The average molecular weight is 588 g/mol. The van der Waals surface area contributed by atoms with Crippen LogP contribution in [0, 0.1) is 17.0 Å². The number of aromatic nitrogens is 1. The number of ether oxygens (including phenoxy) is 1. The van der Waals surface area contributed by atoms with E-state index in [0.717, 1.165) is 30.2 Å². The molecule has 1 aliphatic heterocycles. The fraction of sp³-hybridized carbons (Fsp3) is 0.481. The fourth-order valence-electron chi connectivity index (χ4n) is 5.16. The molecule has 0 atom stereocenters. The van der Waals surface area contributed by atoms with E-state index in [-0.39, 0.29) is 35.2 Å². The summed E-state index contributed by atoms with van der Waals surface area (Å²) < 4.78 is 35.1. The maximum absolute atomic E-state index is 12.8. The van der Waals surface area contributed by atoms with Crippen molar-refractivity contribution >= 4 is 43.2 Å². The molecule has 3 aromatic rings. The number of hydrogen-bond donors (Lipinski definition) is 1. The molecule has 5 rings (SSSR count). The molecule has 40 heavy (non-hydrogen) atoms. The van der Waals surface area contributed by atoms with E-state index in [1.807, 2.05) is 4.90 Å². The van der Waals surface area contributed by atoms with Crippen molar-refractivity contribution in [3.63, 3.8) is 0 Å². The van der Waals surface area contributed by atoms with Crippen molar-refractivity contribution in [2.24, 2.45) is 0 Å². The Morgan fingerprint density at radius 2 is 1.80 bits per heavy atom. The molecule has 2 aliphatic rings. The Balaban J connectivity index is 1.01.